The van der Waals surface area contributed by atoms with Crippen molar-refractivity contribution in [3.8, 4) is 34.1 Å². The molecule has 0 heterocycles. The zero-order chi connectivity index (χ0) is 20.3. The first-order valence-electron chi connectivity index (χ1n) is 8.11. The van der Waals surface area contributed by atoms with Crippen LogP contribution < -0.4 is 11.5 Å². The first kappa shape index (κ1) is 17.2. The largest absolute Gasteiger partial charge is 0.508 e. The van der Waals surface area contributed by atoms with Gasteiger partial charge >= 0.3 is 0 Å². The van der Waals surface area contributed by atoms with E-state index in [4.69, 9.17) is 11.5 Å². The predicted molar refractivity (Wildman–Crippen MR) is 101 cm³/mol. The Morgan fingerprint density at radius 2 is 1.25 bits per heavy atom. The van der Waals surface area contributed by atoms with Crippen molar-refractivity contribution in [1.82, 2.24) is 0 Å². The molecule has 0 unspecified atom stereocenters. The van der Waals surface area contributed by atoms with E-state index in [0.29, 0.717) is 0 Å². The highest BCUT2D eigenvalue weighted by atomic mass is 16.3. The Bertz CT molecular complexity index is 1220. The summed E-state index contributed by atoms with van der Waals surface area (Å²) >= 11 is 0. The van der Waals surface area contributed by atoms with Gasteiger partial charge in [0.25, 0.3) is 0 Å². The van der Waals surface area contributed by atoms with Gasteiger partial charge in [-0.1, -0.05) is 0 Å². The standard InChI is InChI=1S/C20H14N2O6/c21-10-3-4-11(24)15-14(10)19(27)16-13(26)6-9(18(22)17(16)20(15)28)8-2-1-7(23)5-12(8)25/h1-6,23-26H,21-22H2. The smallest absolute Gasteiger partial charge is 0.200 e. The molecular formula is C20H14N2O6. The third kappa shape index (κ3) is 2.18. The highest BCUT2D eigenvalue weighted by molar-refractivity contribution is 6.34. The maximum atomic E-state index is 13.1. The fourth-order valence-corrected chi connectivity index (χ4v) is 3.45. The number of rotatable bonds is 1. The lowest BCUT2D eigenvalue weighted by Crippen LogP contribution is -2.24. The molecule has 4 rings (SSSR count). The van der Waals surface area contributed by atoms with E-state index in [-0.39, 0.29) is 56.3 Å². The molecule has 8 heteroatoms. The van der Waals surface area contributed by atoms with E-state index in [1.165, 1.54) is 24.3 Å². The molecule has 28 heavy (non-hydrogen) atoms. The lowest BCUT2D eigenvalue weighted by molar-refractivity contribution is 0.0975. The number of benzene rings is 3. The van der Waals surface area contributed by atoms with E-state index in [0.717, 1.165) is 12.1 Å². The summed E-state index contributed by atoms with van der Waals surface area (Å²) < 4.78 is 0. The average molecular weight is 378 g/mol. The third-order valence-corrected chi connectivity index (χ3v) is 4.74. The van der Waals surface area contributed by atoms with Crippen molar-refractivity contribution >= 4 is 22.9 Å². The second-order valence-corrected chi connectivity index (χ2v) is 6.39. The lowest BCUT2D eigenvalue weighted by Gasteiger charge is -2.23. The summed E-state index contributed by atoms with van der Waals surface area (Å²) in [7, 11) is 0. The molecule has 3 aromatic carbocycles. The van der Waals surface area contributed by atoms with Crippen LogP contribution in [0.3, 0.4) is 0 Å². The van der Waals surface area contributed by atoms with Crippen molar-refractivity contribution in [3.63, 3.8) is 0 Å². The third-order valence-electron chi connectivity index (χ3n) is 4.74. The number of fused-ring (bicyclic) bond motifs is 2. The highest BCUT2D eigenvalue weighted by Crippen LogP contribution is 2.46. The van der Waals surface area contributed by atoms with E-state index in [1.54, 1.807) is 0 Å². The molecule has 0 saturated carbocycles. The second-order valence-electron chi connectivity index (χ2n) is 6.39. The van der Waals surface area contributed by atoms with Gasteiger partial charge in [-0.05, 0) is 30.3 Å². The molecule has 0 spiro atoms. The molecule has 0 radical (unpaired) electrons. The van der Waals surface area contributed by atoms with Crippen LogP contribution in [0.1, 0.15) is 31.8 Å². The SMILES string of the molecule is Nc1ccc(O)c2c1C(=O)c1c(O)cc(-c3ccc(O)cc3O)c(N)c1C2=O. The van der Waals surface area contributed by atoms with Crippen molar-refractivity contribution in [2.45, 2.75) is 0 Å². The molecular weight excluding hydrogens is 364 g/mol. The summed E-state index contributed by atoms with van der Waals surface area (Å²) in [5.74, 6) is -3.02. The van der Waals surface area contributed by atoms with Gasteiger partial charge in [0.05, 0.1) is 27.9 Å². The molecule has 0 saturated heterocycles. The van der Waals surface area contributed by atoms with Crippen LogP contribution in [0.2, 0.25) is 0 Å². The number of hydrogen-bond donors (Lipinski definition) is 6. The quantitative estimate of drug-likeness (QED) is 0.216. The van der Waals surface area contributed by atoms with Crippen LogP contribution in [0.5, 0.6) is 23.0 Å². The first-order valence-corrected chi connectivity index (χ1v) is 8.11. The van der Waals surface area contributed by atoms with Gasteiger partial charge in [-0.25, -0.2) is 0 Å². The minimum atomic E-state index is -0.776. The van der Waals surface area contributed by atoms with Crippen molar-refractivity contribution in [2.24, 2.45) is 0 Å². The molecule has 0 aliphatic heterocycles. The van der Waals surface area contributed by atoms with E-state index >= 15 is 0 Å². The molecule has 0 aromatic heterocycles. The fourth-order valence-electron chi connectivity index (χ4n) is 3.45. The Labute approximate surface area is 157 Å². The van der Waals surface area contributed by atoms with Crippen LogP contribution in [0, 0.1) is 0 Å². The van der Waals surface area contributed by atoms with Gasteiger partial charge in [0, 0.05) is 22.9 Å². The van der Waals surface area contributed by atoms with Crippen molar-refractivity contribution in [2.75, 3.05) is 11.5 Å². The summed E-state index contributed by atoms with van der Waals surface area (Å²) in [6, 6.07) is 7.33. The van der Waals surface area contributed by atoms with Gasteiger partial charge in [-0.3, -0.25) is 9.59 Å². The molecule has 0 amide bonds. The maximum Gasteiger partial charge on any atom is 0.200 e. The molecule has 1 aliphatic carbocycles. The Hall–Kier alpha value is -4.20. The summed E-state index contributed by atoms with van der Waals surface area (Å²) in [5, 5.41) is 40.2. The van der Waals surface area contributed by atoms with Crippen LogP contribution in [-0.4, -0.2) is 32.0 Å². The van der Waals surface area contributed by atoms with Crippen molar-refractivity contribution in [3.05, 3.63) is 58.7 Å². The molecule has 8 N–H and O–H groups in total. The monoisotopic (exact) mass is 378 g/mol. The zero-order valence-electron chi connectivity index (χ0n) is 14.2. The number of nitrogen functional groups attached to an aromatic ring is 2. The number of phenolic OH excluding ortho intramolecular Hbond substituents is 4. The van der Waals surface area contributed by atoms with Crippen LogP contribution in [0.25, 0.3) is 11.1 Å². The zero-order valence-corrected chi connectivity index (χ0v) is 14.2. The fraction of sp³-hybridized carbons (Fsp3) is 0. The average Bonchev–Trinajstić information content (AvgIpc) is 2.63. The summed E-state index contributed by atoms with van der Waals surface area (Å²) in [6.07, 6.45) is 0. The molecule has 0 fully saturated rings. The molecule has 8 nitrogen and oxygen atoms in total. The number of anilines is 2. The number of phenols is 4. The van der Waals surface area contributed by atoms with Gasteiger partial charge in [0.1, 0.15) is 23.0 Å². The number of hydrogen-bond acceptors (Lipinski definition) is 8. The van der Waals surface area contributed by atoms with Gasteiger partial charge in [0.15, 0.2) is 0 Å². The van der Waals surface area contributed by atoms with Crippen LogP contribution >= 0.6 is 0 Å². The Morgan fingerprint density at radius 1 is 0.607 bits per heavy atom. The normalized spacial score (nSPS) is 12.6. The molecule has 0 atom stereocenters. The molecule has 1 aliphatic rings. The van der Waals surface area contributed by atoms with Gasteiger partial charge in [0.2, 0.25) is 11.6 Å². The summed E-state index contributed by atoms with van der Waals surface area (Å²) in [6.45, 7) is 0. The summed E-state index contributed by atoms with van der Waals surface area (Å²) in [4.78, 5) is 26.0. The van der Waals surface area contributed by atoms with E-state index in [2.05, 4.69) is 0 Å². The molecule has 140 valence electrons. The number of ketones is 2. The van der Waals surface area contributed by atoms with E-state index < -0.39 is 23.1 Å². The predicted octanol–water partition coefficient (Wildman–Crippen LogP) is 2.12. The van der Waals surface area contributed by atoms with Crippen molar-refractivity contribution < 1.29 is 30.0 Å². The second kappa shape index (κ2) is 5.65. The topological polar surface area (TPSA) is 167 Å². The van der Waals surface area contributed by atoms with Gasteiger partial charge in [-0.2, -0.15) is 0 Å². The van der Waals surface area contributed by atoms with Crippen LogP contribution in [0.15, 0.2) is 36.4 Å². The van der Waals surface area contributed by atoms with Crippen LogP contribution in [-0.2, 0) is 0 Å². The lowest BCUT2D eigenvalue weighted by atomic mass is 9.80. The van der Waals surface area contributed by atoms with E-state index in [9.17, 15) is 30.0 Å². The minimum Gasteiger partial charge on any atom is -0.508 e. The number of nitrogens with two attached hydrogens (primary N) is 2. The Kier molecular flexibility index (Phi) is 3.47. The Morgan fingerprint density at radius 3 is 1.93 bits per heavy atom. The highest BCUT2D eigenvalue weighted by Gasteiger charge is 2.38. The van der Waals surface area contributed by atoms with Crippen LogP contribution in [0.4, 0.5) is 11.4 Å². The van der Waals surface area contributed by atoms with E-state index in [1.807, 2.05) is 0 Å². The number of aromatic hydroxyl groups is 4. The maximum absolute atomic E-state index is 13.1. The minimum absolute atomic E-state index is 0.0185. The summed E-state index contributed by atoms with van der Waals surface area (Å²) in [5.41, 5.74) is 10.9. The Balaban J connectivity index is 2.06. The van der Waals surface area contributed by atoms with Crippen molar-refractivity contribution in [1.29, 1.82) is 0 Å². The molecule has 0 bridgehead atoms. The number of carbonyl (C=O) groups is 2. The van der Waals surface area contributed by atoms with Gasteiger partial charge < -0.3 is 31.9 Å². The number of carbonyl (C=O) groups excluding carboxylic acids is 2. The van der Waals surface area contributed by atoms with Gasteiger partial charge in [-0.15, -0.1) is 0 Å². The molecule has 3 aromatic rings. The first-order chi connectivity index (χ1) is 13.2.